The monoisotopic (exact) mass is 366 g/mol. The van der Waals surface area contributed by atoms with Gasteiger partial charge in [0.1, 0.15) is 11.5 Å². The number of hydrogen-bond donors (Lipinski definition) is 1. The van der Waals surface area contributed by atoms with Gasteiger partial charge in [-0.25, -0.2) is 9.37 Å². The van der Waals surface area contributed by atoms with Crippen molar-refractivity contribution in [1.29, 1.82) is 0 Å². The lowest BCUT2D eigenvalue weighted by atomic mass is 10.2. The van der Waals surface area contributed by atoms with E-state index in [1.165, 1.54) is 12.1 Å². The number of halogens is 1. The summed E-state index contributed by atoms with van der Waals surface area (Å²) in [5.41, 5.74) is 2.98. The van der Waals surface area contributed by atoms with Gasteiger partial charge in [-0.1, -0.05) is 6.07 Å². The van der Waals surface area contributed by atoms with Gasteiger partial charge in [0.15, 0.2) is 5.96 Å². The Morgan fingerprint density at radius 3 is 2.59 bits per heavy atom. The van der Waals surface area contributed by atoms with Crippen LogP contribution in [0.5, 0.6) is 0 Å². The Labute approximate surface area is 158 Å². The lowest BCUT2D eigenvalue weighted by molar-refractivity contribution is 0.372. The van der Waals surface area contributed by atoms with Crippen LogP contribution in [-0.2, 0) is 6.54 Å². The Balaban J connectivity index is 1.34. The van der Waals surface area contributed by atoms with Crippen molar-refractivity contribution in [3.8, 4) is 0 Å². The summed E-state index contributed by atoms with van der Waals surface area (Å²) in [6, 6.07) is 12.7. The molecule has 3 heterocycles. The van der Waals surface area contributed by atoms with Crippen LogP contribution in [0, 0.1) is 5.82 Å². The largest absolute Gasteiger partial charge is 0.368 e. The number of imidazole rings is 1. The number of hydrogen-bond acceptors (Lipinski definition) is 3. The average Bonchev–Trinajstić information content (AvgIpc) is 3.12. The van der Waals surface area contributed by atoms with E-state index in [4.69, 9.17) is 0 Å². The third kappa shape index (κ3) is 3.86. The number of rotatable bonds is 3. The van der Waals surface area contributed by atoms with Gasteiger partial charge >= 0.3 is 0 Å². The van der Waals surface area contributed by atoms with E-state index in [9.17, 15) is 4.39 Å². The van der Waals surface area contributed by atoms with Crippen molar-refractivity contribution in [1.82, 2.24) is 19.6 Å². The molecule has 0 bridgehead atoms. The van der Waals surface area contributed by atoms with Gasteiger partial charge in [0, 0.05) is 51.3 Å². The minimum absolute atomic E-state index is 0.200. The van der Waals surface area contributed by atoms with E-state index >= 15 is 0 Å². The Hall–Kier alpha value is -3.09. The smallest absolute Gasteiger partial charge is 0.194 e. The Bertz CT molecular complexity index is 892. The summed E-state index contributed by atoms with van der Waals surface area (Å²) in [5.74, 6) is 0.680. The van der Waals surface area contributed by atoms with Crippen molar-refractivity contribution in [3.63, 3.8) is 0 Å². The van der Waals surface area contributed by atoms with Crippen molar-refractivity contribution in [2.75, 3.05) is 38.1 Å². The normalized spacial score (nSPS) is 15.4. The third-order valence-corrected chi connectivity index (χ3v) is 4.82. The zero-order valence-electron chi connectivity index (χ0n) is 15.3. The highest BCUT2D eigenvalue weighted by Gasteiger charge is 2.20. The maximum Gasteiger partial charge on any atom is 0.194 e. The molecule has 7 heteroatoms. The molecule has 1 aliphatic heterocycles. The Morgan fingerprint density at radius 2 is 1.89 bits per heavy atom. The minimum atomic E-state index is -0.200. The molecule has 0 amide bonds. The molecule has 1 aliphatic rings. The predicted molar refractivity (Wildman–Crippen MR) is 106 cm³/mol. The highest BCUT2D eigenvalue weighted by molar-refractivity contribution is 5.80. The van der Waals surface area contributed by atoms with Gasteiger partial charge in [-0.3, -0.25) is 4.99 Å². The molecule has 27 heavy (non-hydrogen) atoms. The molecule has 1 aromatic carbocycles. The van der Waals surface area contributed by atoms with Crippen molar-refractivity contribution in [2.45, 2.75) is 6.54 Å². The minimum Gasteiger partial charge on any atom is -0.368 e. The molecular formula is C20H23FN6. The first-order valence-corrected chi connectivity index (χ1v) is 9.11. The number of nitrogens with one attached hydrogen (secondary N) is 1. The number of piperazine rings is 1. The molecule has 0 spiro atoms. The molecular weight excluding hydrogens is 343 g/mol. The molecule has 1 saturated heterocycles. The van der Waals surface area contributed by atoms with E-state index < -0.39 is 0 Å². The van der Waals surface area contributed by atoms with Gasteiger partial charge in [-0.05, 0) is 36.4 Å². The molecule has 1 N–H and O–H groups in total. The summed E-state index contributed by atoms with van der Waals surface area (Å²) in [4.78, 5) is 13.5. The molecule has 0 aliphatic carbocycles. The van der Waals surface area contributed by atoms with Gasteiger partial charge < -0.3 is 19.5 Å². The van der Waals surface area contributed by atoms with Crippen molar-refractivity contribution in [3.05, 3.63) is 66.4 Å². The van der Waals surface area contributed by atoms with E-state index in [0.717, 1.165) is 49.2 Å². The highest BCUT2D eigenvalue weighted by Crippen LogP contribution is 2.17. The number of nitrogens with zero attached hydrogens (tertiary/aromatic N) is 5. The number of aromatic nitrogens is 2. The molecule has 140 valence electrons. The molecule has 4 rings (SSSR count). The van der Waals surface area contributed by atoms with Gasteiger partial charge in [0.05, 0.1) is 12.2 Å². The molecule has 2 aromatic heterocycles. The van der Waals surface area contributed by atoms with Crippen LogP contribution in [0.25, 0.3) is 5.65 Å². The topological polar surface area (TPSA) is 48.2 Å². The van der Waals surface area contributed by atoms with Gasteiger partial charge in [-0.2, -0.15) is 0 Å². The van der Waals surface area contributed by atoms with Crippen molar-refractivity contribution in [2.24, 2.45) is 4.99 Å². The fourth-order valence-corrected chi connectivity index (χ4v) is 3.40. The number of fused-ring (bicyclic) bond motifs is 1. The molecule has 0 atom stereocenters. The maximum atomic E-state index is 13.1. The second-order valence-electron chi connectivity index (χ2n) is 6.55. The van der Waals surface area contributed by atoms with E-state index in [2.05, 4.69) is 25.1 Å². The molecule has 6 nitrogen and oxygen atoms in total. The molecule has 3 aromatic rings. The first-order valence-electron chi connectivity index (χ1n) is 9.11. The first kappa shape index (κ1) is 17.3. The number of pyridine rings is 1. The van der Waals surface area contributed by atoms with Crippen LogP contribution in [0.3, 0.4) is 0 Å². The number of aliphatic imine (C=N–C) groups is 1. The van der Waals surface area contributed by atoms with Gasteiger partial charge in [0.25, 0.3) is 0 Å². The highest BCUT2D eigenvalue weighted by atomic mass is 19.1. The average molecular weight is 366 g/mol. The Morgan fingerprint density at radius 1 is 1.11 bits per heavy atom. The zero-order chi connectivity index (χ0) is 18.6. The number of anilines is 1. The van der Waals surface area contributed by atoms with E-state index in [1.54, 1.807) is 7.05 Å². The molecule has 1 fully saturated rings. The lowest BCUT2D eigenvalue weighted by Crippen LogP contribution is -2.52. The second kappa shape index (κ2) is 7.65. The number of guanidine groups is 1. The summed E-state index contributed by atoms with van der Waals surface area (Å²) < 4.78 is 15.1. The van der Waals surface area contributed by atoms with Gasteiger partial charge in [-0.15, -0.1) is 0 Å². The fourth-order valence-electron chi connectivity index (χ4n) is 3.40. The summed E-state index contributed by atoms with van der Waals surface area (Å²) >= 11 is 0. The van der Waals surface area contributed by atoms with Crippen LogP contribution in [-0.4, -0.2) is 53.5 Å². The van der Waals surface area contributed by atoms with Crippen LogP contribution in [0.1, 0.15) is 5.69 Å². The number of benzene rings is 1. The van der Waals surface area contributed by atoms with E-state index in [0.29, 0.717) is 6.54 Å². The van der Waals surface area contributed by atoms with E-state index in [-0.39, 0.29) is 5.82 Å². The fraction of sp³-hybridized carbons (Fsp3) is 0.300. The van der Waals surface area contributed by atoms with Crippen LogP contribution in [0.2, 0.25) is 0 Å². The standard InChI is InChI=1S/C20H23FN6/c1-22-20(23-14-17-15-27-9-3-2-4-19(27)24-17)26-12-10-25(11-13-26)18-7-5-16(21)6-8-18/h2-9,15H,10-14H2,1H3,(H,22,23). The summed E-state index contributed by atoms with van der Waals surface area (Å²) in [5, 5.41) is 3.41. The summed E-state index contributed by atoms with van der Waals surface area (Å²) in [6.45, 7) is 4.11. The maximum absolute atomic E-state index is 13.1. The van der Waals surface area contributed by atoms with Crippen molar-refractivity contribution >= 4 is 17.3 Å². The molecule has 0 radical (unpaired) electrons. The van der Waals surface area contributed by atoms with Crippen molar-refractivity contribution < 1.29 is 4.39 Å². The first-order chi connectivity index (χ1) is 13.2. The molecule has 0 saturated carbocycles. The lowest BCUT2D eigenvalue weighted by Gasteiger charge is -2.37. The predicted octanol–water partition coefficient (Wildman–Crippen LogP) is 2.37. The zero-order valence-corrected chi connectivity index (χ0v) is 15.3. The van der Waals surface area contributed by atoms with Crippen LogP contribution in [0.4, 0.5) is 10.1 Å². The second-order valence-corrected chi connectivity index (χ2v) is 6.55. The summed E-state index contributed by atoms with van der Waals surface area (Å²) in [7, 11) is 1.80. The van der Waals surface area contributed by atoms with Crippen LogP contribution in [0.15, 0.2) is 59.9 Å². The van der Waals surface area contributed by atoms with Crippen LogP contribution >= 0.6 is 0 Å². The molecule has 0 unspecified atom stereocenters. The quantitative estimate of drug-likeness (QED) is 0.571. The third-order valence-electron chi connectivity index (χ3n) is 4.82. The SMILES string of the molecule is CN=C(NCc1cn2ccccc2n1)N1CCN(c2ccc(F)cc2)CC1. The summed E-state index contributed by atoms with van der Waals surface area (Å²) in [6.07, 6.45) is 4.03. The Kier molecular flexibility index (Phi) is 4.91. The van der Waals surface area contributed by atoms with Gasteiger partial charge in [0.2, 0.25) is 0 Å². The van der Waals surface area contributed by atoms with E-state index in [1.807, 2.05) is 47.1 Å². The van der Waals surface area contributed by atoms with Crippen LogP contribution < -0.4 is 10.2 Å².